The molecular weight excluding hydrogens is 170 g/mol. The number of fused-ring (bicyclic) bond motifs is 3. The van der Waals surface area contributed by atoms with E-state index >= 15 is 0 Å². The first kappa shape index (κ1) is 2.85. The van der Waals surface area contributed by atoms with Crippen molar-refractivity contribution in [2.75, 3.05) is 0 Å². The van der Waals surface area contributed by atoms with E-state index in [1.165, 1.54) is 12.2 Å². The van der Waals surface area contributed by atoms with Gasteiger partial charge in [0, 0.05) is 21.1 Å². The molecule has 1 fully saturated rings. The quantitative estimate of drug-likeness (QED) is 0.636. The lowest BCUT2D eigenvalue weighted by Crippen LogP contribution is -2.29. The maximum absolute atomic E-state index is 8.74. The van der Waals surface area contributed by atoms with Gasteiger partial charge in [-0.2, -0.15) is 0 Å². The van der Waals surface area contributed by atoms with E-state index in [9.17, 15) is 0 Å². The van der Waals surface area contributed by atoms with E-state index in [0.717, 1.165) is 12.2 Å². The second kappa shape index (κ2) is 3.09. The summed E-state index contributed by atoms with van der Waals surface area (Å²) in [7, 11) is 0. The monoisotopic (exact) mass is 198 g/mol. The molecule has 3 aliphatic carbocycles. The summed E-state index contributed by atoms with van der Waals surface area (Å²) in [5, 5.41) is 0. The zero-order valence-corrected chi connectivity index (χ0v) is 7.39. The Bertz CT molecular complexity index is 747. The molecule has 0 aromatic heterocycles. The number of rotatable bonds is 0. The second-order valence-corrected chi connectivity index (χ2v) is 3.22. The first-order valence-electron chi connectivity index (χ1n) is 9.86. The average Bonchev–Trinajstić information content (AvgIpc) is 2.70. The Morgan fingerprint density at radius 1 is 1.43 bits per heavy atom. The van der Waals surface area contributed by atoms with Gasteiger partial charge in [0.05, 0.1) is 0 Å². The molecule has 14 heavy (non-hydrogen) atoms. The fourth-order valence-electron chi connectivity index (χ4n) is 1.68. The highest BCUT2D eigenvalue weighted by molar-refractivity contribution is 5.41. The third kappa shape index (κ3) is 1.19. The molecule has 0 saturated heterocycles. The largest absolute Gasteiger partial charge is 0.327 e. The Morgan fingerprint density at radius 3 is 3.29 bits per heavy atom. The number of hydrogen-bond acceptors (Lipinski definition) is 1. The van der Waals surface area contributed by atoms with Gasteiger partial charge in [0.25, 0.3) is 0 Å². The minimum Gasteiger partial charge on any atom is -0.327 e. The SMILES string of the molecule is [2H]C1([2H])C=CC=C2C=C3C([2H])([2H])C([2H])(N)C([2H])([2H])C([2H])([2H])C3([2H])C21[2H]. The van der Waals surface area contributed by atoms with Gasteiger partial charge in [-0.1, -0.05) is 29.9 Å². The van der Waals surface area contributed by atoms with Crippen molar-refractivity contribution in [2.45, 2.75) is 31.5 Å². The maximum atomic E-state index is 8.74. The van der Waals surface area contributed by atoms with Crippen molar-refractivity contribution in [1.29, 1.82) is 0 Å². The van der Waals surface area contributed by atoms with Crippen LogP contribution in [0.3, 0.4) is 0 Å². The first-order valence-corrected chi connectivity index (χ1v) is 4.36. The summed E-state index contributed by atoms with van der Waals surface area (Å²) in [5.41, 5.74) is 4.75. The van der Waals surface area contributed by atoms with Gasteiger partial charge in [0.15, 0.2) is 0 Å². The average molecular weight is 198 g/mol. The third-order valence-electron chi connectivity index (χ3n) is 2.30. The van der Waals surface area contributed by atoms with Gasteiger partial charge in [-0.15, -0.1) is 0 Å². The Kier molecular flexibility index (Phi) is 0.631. The molecule has 0 heterocycles. The molecule has 0 aliphatic heterocycles. The van der Waals surface area contributed by atoms with E-state index in [2.05, 4.69) is 0 Å². The molecule has 0 radical (unpaired) electrons. The molecule has 3 atom stereocenters. The molecule has 0 spiro atoms. The van der Waals surface area contributed by atoms with Gasteiger partial charge < -0.3 is 5.73 Å². The summed E-state index contributed by atoms with van der Waals surface area (Å²) < 4.78 is 90.7. The zero-order valence-electron chi connectivity index (χ0n) is 18.4. The molecule has 1 saturated carbocycles. The Labute approximate surface area is 101 Å². The fraction of sp³-hybridized carbons (Fsp3) is 0.538. The van der Waals surface area contributed by atoms with Crippen molar-refractivity contribution < 1.29 is 15.1 Å². The van der Waals surface area contributed by atoms with Crippen LogP contribution >= 0.6 is 0 Å². The summed E-state index contributed by atoms with van der Waals surface area (Å²) >= 11 is 0. The number of nitrogens with two attached hydrogens (primary N) is 1. The molecule has 0 bridgehead atoms. The van der Waals surface area contributed by atoms with Crippen LogP contribution in [-0.2, 0) is 0 Å². The van der Waals surface area contributed by atoms with Crippen molar-refractivity contribution in [3.8, 4) is 0 Å². The van der Waals surface area contributed by atoms with Crippen molar-refractivity contribution in [3.63, 3.8) is 0 Å². The molecule has 0 aromatic rings. The Morgan fingerprint density at radius 2 is 2.36 bits per heavy atom. The van der Waals surface area contributed by atoms with Gasteiger partial charge in [-0.25, -0.2) is 0 Å². The highest BCUT2D eigenvalue weighted by atomic mass is 14.6. The normalized spacial score (nSPS) is 81.6. The van der Waals surface area contributed by atoms with Gasteiger partial charge in [-0.3, -0.25) is 0 Å². The fourth-order valence-corrected chi connectivity index (χ4v) is 1.68. The lowest BCUT2D eigenvalue weighted by atomic mass is 9.76. The van der Waals surface area contributed by atoms with Crippen molar-refractivity contribution >= 4 is 0 Å². The lowest BCUT2D eigenvalue weighted by Gasteiger charge is -2.30. The molecular formula is C13H17N. The molecule has 3 unspecified atom stereocenters. The molecule has 2 N–H and O–H groups in total. The predicted molar refractivity (Wildman–Crippen MR) is 58.7 cm³/mol. The third-order valence-corrected chi connectivity index (χ3v) is 2.30. The van der Waals surface area contributed by atoms with Crippen LogP contribution in [0.1, 0.15) is 40.6 Å². The highest BCUT2D eigenvalue weighted by Crippen LogP contribution is 2.46. The molecule has 0 aromatic carbocycles. The number of allylic oxidation sites excluding steroid dienone is 5. The summed E-state index contributed by atoms with van der Waals surface area (Å²) in [6.45, 7) is 0. The molecule has 74 valence electrons. The highest BCUT2D eigenvalue weighted by Gasteiger charge is 2.36. The summed E-state index contributed by atoms with van der Waals surface area (Å²) in [5.74, 6) is -5.60. The first-order chi connectivity index (χ1) is 10.9. The van der Waals surface area contributed by atoms with Gasteiger partial charge in [-0.05, 0) is 42.9 Å². The van der Waals surface area contributed by atoms with Crippen molar-refractivity contribution in [3.05, 3.63) is 35.5 Å². The summed E-state index contributed by atoms with van der Waals surface area (Å²) in [4.78, 5) is 0. The van der Waals surface area contributed by atoms with Crippen LogP contribution < -0.4 is 5.73 Å². The van der Waals surface area contributed by atoms with E-state index in [4.69, 9.17) is 20.8 Å². The zero-order chi connectivity index (χ0) is 19.5. The van der Waals surface area contributed by atoms with Gasteiger partial charge in [0.1, 0.15) is 0 Å². The van der Waals surface area contributed by atoms with Crippen molar-refractivity contribution in [2.24, 2.45) is 17.5 Å². The molecule has 3 rings (SSSR count). The maximum Gasteiger partial charge on any atom is 0.0466 e. The van der Waals surface area contributed by atoms with Gasteiger partial charge in [0.2, 0.25) is 0 Å². The lowest BCUT2D eigenvalue weighted by molar-refractivity contribution is 0.352. The summed E-state index contributed by atoms with van der Waals surface area (Å²) in [6.07, 6.45) is -7.71. The van der Waals surface area contributed by atoms with Crippen LogP contribution in [0.25, 0.3) is 0 Å². The van der Waals surface area contributed by atoms with E-state index in [1.54, 1.807) is 0 Å². The van der Waals surface area contributed by atoms with Crippen LogP contribution in [0.4, 0.5) is 0 Å². The van der Waals surface area contributed by atoms with E-state index in [0.29, 0.717) is 0 Å². The van der Waals surface area contributed by atoms with Gasteiger partial charge >= 0.3 is 0 Å². The molecule has 0 amide bonds. The molecule has 3 aliphatic rings. The Hall–Kier alpha value is -0.820. The van der Waals surface area contributed by atoms with E-state index in [1.807, 2.05) is 0 Å². The smallest absolute Gasteiger partial charge is 0.0466 e. The predicted octanol–water partition coefficient (Wildman–Crippen LogP) is 2.56. The topological polar surface area (TPSA) is 26.0 Å². The van der Waals surface area contributed by atoms with Crippen LogP contribution in [0.2, 0.25) is 0 Å². The van der Waals surface area contributed by atoms with E-state index < -0.39 is 48.9 Å². The van der Waals surface area contributed by atoms with Crippen molar-refractivity contribution in [1.82, 2.24) is 0 Å². The van der Waals surface area contributed by atoms with Crippen LogP contribution in [0, 0.1) is 11.8 Å². The van der Waals surface area contributed by atoms with Crippen LogP contribution in [0.15, 0.2) is 35.5 Å². The molecule has 1 heteroatoms. The van der Waals surface area contributed by atoms with E-state index in [-0.39, 0.29) is 5.57 Å². The van der Waals surface area contributed by atoms with Crippen LogP contribution in [0.5, 0.6) is 0 Å². The Balaban J connectivity index is 2.46. The number of hydrogen-bond donors (Lipinski definition) is 1. The summed E-state index contributed by atoms with van der Waals surface area (Å²) in [6, 6.07) is -3.08. The second-order valence-electron chi connectivity index (χ2n) is 3.22. The van der Waals surface area contributed by atoms with Crippen LogP contribution in [-0.4, -0.2) is 6.02 Å². The minimum absolute atomic E-state index is 0.147. The standard InChI is InChI=1S/C13H17N/c14-11-5-6-13-10(8-11)7-9-3-1-2-4-12(9)13/h1-3,7,11-13H,4-6,8,14H2/i4D2,5D2,6D2,8D2,11D,12D,13D. The minimum atomic E-state index is -3.37. The molecule has 1 nitrogen and oxygen atoms in total.